The SMILES string of the molecule is CC1CC(C(=O)O)CCN1Cc1cc(O)cc(F)c1. The standard InChI is InChI=1S/C14H18FNO3/c1-9-4-11(14(18)19)2-3-16(9)8-10-5-12(15)7-13(17)6-10/h5-7,9,11,17H,2-4,8H2,1H3,(H,18,19). The third-order valence-corrected chi connectivity index (χ3v) is 3.69. The molecule has 4 nitrogen and oxygen atoms in total. The number of rotatable bonds is 3. The van der Waals surface area contributed by atoms with Crippen molar-refractivity contribution in [1.29, 1.82) is 0 Å². The highest BCUT2D eigenvalue weighted by molar-refractivity contribution is 5.70. The minimum atomic E-state index is -0.741. The molecule has 19 heavy (non-hydrogen) atoms. The van der Waals surface area contributed by atoms with Crippen molar-refractivity contribution in [1.82, 2.24) is 4.90 Å². The molecule has 2 N–H and O–H groups in total. The molecule has 1 aliphatic heterocycles. The Bertz CT molecular complexity index is 458. The van der Waals surface area contributed by atoms with Gasteiger partial charge in [0.25, 0.3) is 0 Å². The molecule has 104 valence electrons. The van der Waals surface area contributed by atoms with Gasteiger partial charge in [0, 0.05) is 18.7 Å². The Morgan fingerprint density at radius 1 is 1.47 bits per heavy atom. The second-order valence-corrected chi connectivity index (χ2v) is 5.20. The quantitative estimate of drug-likeness (QED) is 0.881. The van der Waals surface area contributed by atoms with E-state index in [2.05, 4.69) is 4.90 Å². The number of hydrogen-bond donors (Lipinski definition) is 2. The van der Waals surface area contributed by atoms with E-state index in [0.717, 1.165) is 6.07 Å². The zero-order valence-corrected chi connectivity index (χ0v) is 10.8. The first kappa shape index (κ1) is 13.8. The minimum absolute atomic E-state index is 0.0805. The predicted molar refractivity (Wildman–Crippen MR) is 68.3 cm³/mol. The van der Waals surface area contributed by atoms with Crippen LogP contribution in [0, 0.1) is 11.7 Å². The molecular weight excluding hydrogens is 249 g/mol. The molecule has 1 fully saturated rings. The van der Waals surface area contributed by atoms with Crippen molar-refractivity contribution in [3.8, 4) is 5.75 Å². The Morgan fingerprint density at radius 2 is 2.21 bits per heavy atom. The summed E-state index contributed by atoms with van der Waals surface area (Å²) in [6, 6.07) is 4.15. The number of aromatic hydroxyl groups is 1. The van der Waals surface area contributed by atoms with Crippen molar-refractivity contribution in [3.05, 3.63) is 29.6 Å². The van der Waals surface area contributed by atoms with Crippen molar-refractivity contribution < 1.29 is 19.4 Å². The average molecular weight is 267 g/mol. The van der Waals surface area contributed by atoms with E-state index in [-0.39, 0.29) is 17.7 Å². The molecule has 1 aliphatic rings. The van der Waals surface area contributed by atoms with E-state index in [1.807, 2.05) is 6.92 Å². The number of carboxylic acids is 1. The summed E-state index contributed by atoms with van der Waals surface area (Å²) < 4.78 is 13.2. The number of carboxylic acid groups (broad SMARTS) is 1. The molecule has 1 saturated heterocycles. The number of piperidine rings is 1. The number of aliphatic carboxylic acids is 1. The second kappa shape index (κ2) is 5.57. The number of hydrogen-bond acceptors (Lipinski definition) is 3. The molecule has 5 heteroatoms. The van der Waals surface area contributed by atoms with Crippen LogP contribution in [-0.4, -0.2) is 33.7 Å². The Labute approximate surface area is 111 Å². The van der Waals surface area contributed by atoms with Gasteiger partial charge in [0.2, 0.25) is 0 Å². The van der Waals surface area contributed by atoms with E-state index >= 15 is 0 Å². The van der Waals surface area contributed by atoms with Crippen molar-refractivity contribution in [2.24, 2.45) is 5.92 Å². The normalized spacial score (nSPS) is 24.3. The van der Waals surface area contributed by atoms with Crippen LogP contribution in [-0.2, 0) is 11.3 Å². The lowest BCUT2D eigenvalue weighted by Gasteiger charge is -2.36. The lowest BCUT2D eigenvalue weighted by molar-refractivity contribution is -0.144. The number of carbonyl (C=O) groups is 1. The summed E-state index contributed by atoms with van der Waals surface area (Å²) in [5, 5.41) is 18.4. The highest BCUT2D eigenvalue weighted by atomic mass is 19.1. The maximum atomic E-state index is 13.2. The molecule has 0 spiro atoms. The van der Waals surface area contributed by atoms with Gasteiger partial charge in [0.05, 0.1) is 5.92 Å². The highest BCUT2D eigenvalue weighted by Gasteiger charge is 2.29. The van der Waals surface area contributed by atoms with Crippen molar-refractivity contribution in [2.45, 2.75) is 32.4 Å². The van der Waals surface area contributed by atoms with Gasteiger partial charge in [-0.15, -0.1) is 0 Å². The fraction of sp³-hybridized carbons (Fsp3) is 0.500. The third kappa shape index (κ3) is 3.44. The molecule has 1 aromatic carbocycles. The lowest BCUT2D eigenvalue weighted by Crippen LogP contribution is -2.42. The summed E-state index contributed by atoms with van der Waals surface area (Å²) in [7, 11) is 0. The molecule has 0 radical (unpaired) electrons. The number of benzene rings is 1. The van der Waals surface area contributed by atoms with Crippen LogP contribution in [0.4, 0.5) is 4.39 Å². The van der Waals surface area contributed by atoms with E-state index in [1.54, 1.807) is 6.07 Å². The molecule has 2 atom stereocenters. The molecule has 0 aromatic heterocycles. The smallest absolute Gasteiger partial charge is 0.306 e. The topological polar surface area (TPSA) is 60.8 Å². The van der Waals surface area contributed by atoms with Gasteiger partial charge in [0.15, 0.2) is 0 Å². The van der Waals surface area contributed by atoms with Gasteiger partial charge in [-0.3, -0.25) is 9.69 Å². The number of halogens is 1. The Hall–Kier alpha value is -1.62. The van der Waals surface area contributed by atoms with Crippen LogP contribution in [0.25, 0.3) is 0 Å². The van der Waals surface area contributed by atoms with Gasteiger partial charge >= 0.3 is 5.97 Å². The Kier molecular flexibility index (Phi) is 4.04. The van der Waals surface area contributed by atoms with Crippen LogP contribution in [0.2, 0.25) is 0 Å². The molecule has 0 amide bonds. The average Bonchev–Trinajstić information content (AvgIpc) is 2.30. The van der Waals surface area contributed by atoms with E-state index in [0.29, 0.717) is 31.5 Å². The molecule has 0 saturated carbocycles. The Balaban J connectivity index is 2.02. The highest BCUT2D eigenvalue weighted by Crippen LogP contribution is 2.25. The van der Waals surface area contributed by atoms with Gasteiger partial charge in [0.1, 0.15) is 11.6 Å². The van der Waals surface area contributed by atoms with Gasteiger partial charge < -0.3 is 10.2 Å². The molecule has 2 rings (SSSR count). The van der Waals surface area contributed by atoms with Crippen LogP contribution in [0.1, 0.15) is 25.3 Å². The first-order chi connectivity index (χ1) is 8.95. The molecule has 0 bridgehead atoms. The second-order valence-electron chi connectivity index (χ2n) is 5.20. The van der Waals surface area contributed by atoms with Crippen LogP contribution in [0.15, 0.2) is 18.2 Å². The summed E-state index contributed by atoms with van der Waals surface area (Å²) in [4.78, 5) is 13.1. The summed E-state index contributed by atoms with van der Waals surface area (Å²) in [6.07, 6.45) is 1.22. The van der Waals surface area contributed by atoms with Crippen molar-refractivity contribution >= 4 is 5.97 Å². The van der Waals surface area contributed by atoms with Crippen LogP contribution >= 0.6 is 0 Å². The molecule has 0 aliphatic carbocycles. The molecule has 2 unspecified atom stereocenters. The van der Waals surface area contributed by atoms with Crippen LogP contribution in [0.3, 0.4) is 0 Å². The molecular formula is C14H18FNO3. The first-order valence-corrected chi connectivity index (χ1v) is 6.41. The molecule has 1 aromatic rings. The van der Waals surface area contributed by atoms with Crippen molar-refractivity contribution in [2.75, 3.05) is 6.54 Å². The largest absolute Gasteiger partial charge is 0.508 e. The summed E-state index contributed by atoms with van der Waals surface area (Å²) >= 11 is 0. The first-order valence-electron chi connectivity index (χ1n) is 6.41. The van der Waals surface area contributed by atoms with Crippen LogP contribution in [0.5, 0.6) is 5.75 Å². The summed E-state index contributed by atoms with van der Waals surface area (Å²) in [5.41, 5.74) is 0.707. The van der Waals surface area contributed by atoms with E-state index < -0.39 is 11.8 Å². The monoisotopic (exact) mass is 267 g/mol. The maximum absolute atomic E-state index is 13.2. The fourth-order valence-corrected chi connectivity index (χ4v) is 2.64. The predicted octanol–water partition coefficient (Wildman–Crippen LogP) is 2.22. The van der Waals surface area contributed by atoms with Gasteiger partial charge in [-0.25, -0.2) is 4.39 Å². The zero-order valence-electron chi connectivity index (χ0n) is 10.8. The van der Waals surface area contributed by atoms with Crippen molar-refractivity contribution in [3.63, 3.8) is 0 Å². The Morgan fingerprint density at radius 3 is 2.79 bits per heavy atom. The van der Waals surface area contributed by atoms with Gasteiger partial charge in [-0.05, 0) is 44.0 Å². The number of phenols is 1. The number of likely N-dealkylation sites (tertiary alicyclic amines) is 1. The fourth-order valence-electron chi connectivity index (χ4n) is 2.64. The molecule has 1 heterocycles. The minimum Gasteiger partial charge on any atom is -0.508 e. The van der Waals surface area contributed by atoms with Crippen LogP contribution < -0.4 is 0 Å². The van der Waals surface area contributed by atoms with Gasteiger partial charge in [-0.1, -0.05) is 0 Å². The number of nitrogens with zero attached hydrogens (tertiary/aromatic N) is 1. The van der Waals surface area contributed by atoms with E-state index in [4.69, 9.17) is 5.11 Å². The van der Waals surface area contributed by atoms with Gasteiger partial charge in [-0.2, -0.15) is 0 Å². The summed E-state index contributed by atoms with van der Waals surface area (Å²) in [5.74, 6) is -1.56. The number of phenolic OH excluding ortho intramolecular Hbond substituents is 1. The summed E-state index contributed by atoms with van der Waals surface area (Å²) in [6.45, 7) is 3.18. The van der Waals surface area contributed by atoms with E-state index in [9.17, 15) is 14.3 Å². The zero-order chi connectivity index (χ0) is 14.0. The maximum Gasteiger partial charge on any atom is 0.306 e. The van der Waals surface area contributed by atoms with E-state index in [1.165, 1.54) is 6.07 Å². The lowest BCUT2D eigenvalue weighted by atomic mass is 9.91. The third-order valence-electron chi connectivity index (χ3n) is 3.69.